The van der Waals surface area contributed by atoms with Crippen molar-refractivity contribution in [1.82, 2.24) is 4.98 Å². The van der Waals surface area contributed by atoms with Crippen LogP contribution in [0, 0.1) is 5.82 Å². The van der Waals surface area contributed by atoms with Gasteiger partial charge in [0.2, 0.25) is 0 Å². The summed E-state index contributed by atoms with van der Waals surface area (Å²) in [6.07, 6.45) is 0. The van der Waals surface area contributed by atoms with E-state index >= 15 is 0 Å². The maximum atomic E-state index is 13.3. The van der Waals surface area contributed by atoms with E-state index in [1.54, 1.807) is 20.3 Å². The van der Waals surface area contributed by atoms with Crippen LogP contribution in [0.3, 0.4) is 0 Å². The van der Waals surface area contributed by atoms with E-state index in [0.717, 1.165) is 21.8 Å². The zero-order valence-corrected chi connectivity index (χ0v) is 10.1. The number of aromatic nitrogens is 1. The third-order valence-corrected chi connectivity index (χ3v) is 3.08. The second-order valence-corrected chi connectivity index (χ2v) is 4.04. The number of ether oxygens (including phenoxy) is 2. The molecule has 2 aromatic carbocycles. The lowest BCUT2D eigenvalue weighted by molar-refractivity contribution is 0.358. The summed E-state index contributed by atoms with van der Waals surface area (Å²) in [6.45, 7) is 0. The average Bonchev–Trinajstić information content (AvgIpc) is 2.75. The molecule has 1 aromatic heterocycles. The lowest BCUT2D eigenvalue weighted by atomic mass is 10.1. The van der Waals surface area contributed by atoms with E-state index < -0.39 is 0 Å². The standard InChI is InChI=1S/C14H12FNO2/c1-17-12-6-4-9-10-7-8(15)3-5-11(10)16-13(9)14(12)18-2/h3-7,16H,1-2H3. The first-order valence-corrected chi connectivity index (χ1v) is 5.56. The molecule has 0 saturated heterocycles. The van der Waals surface area contributed by atoms with Crippen LogP contribution >= 0.6 is 0 Å². The molecule has 0 amide bonds. The van der Waals surface area contributed by atoms with E-state index in [1.807, 2.05) is 12.1 Å². The second kappa shape index (κ2) is 3.91. The van der Waals surface area contributed by atoms with Gasteiger partial charge in [0.15, 0.2) is 11.5 Å². The SMILES string of the molecule is COc1ccc2c([nH]c3ccc(F)cc32)c1OC. The Morgan fingerprint density at radius 2 is 1.83 bits per heavy atom. The highest BCUT2D eigenvalue weighted by Crippen LogP contribution is 2.38. The van der Waals surface area contributed by atoms with Crippen LogP contribution in [-0.2, 0) is 0 Å². The first-order chi connectivity index (χ1) is 8.74. The van der Waals surface area contributed by atoms with E-state index in [0.29, 0.717) is 11.5 Å². The van der Waals surface area contributed by atoms with Crippen molar-refractivity contribution in [3.05, 3.63) is 36.1 Å². The van der Waals surface area contributed by atoms with Crippen LogP contribution in [0.2, 0.25) is 0 Å². The van der Waals surface area contributed by atoms with Crippen molar-refractivity contribution in [2.24, 2.45) is 0 Å². The highest BCUT2D eigenvalue weighted by atomic mass is 19.1. The highest BCUT2D eigenvalue weighted by Gasteiger charge is 2.13. The van der Waals surface area contributed by atoms with Gasteiger partial charge in [-0.1, -0.05) is 0 Å². The predicted molar refractivity (Wildman–Crippen MR) is 68.9 cm³/mol. The summed E-state index contributed by atoms with van der Waals surface area (Å²) >= 11 is 0. The molecule has 0 radical (unpaired) electrons. The molecule has 0 fully saturated rings. The number of hydrogen-bond donors (Lipinski definition) is 1. The molecule has 18 heavy (non-hydrogen) atoms. The third kappa shape index (κ3) is 1.42. The Hall–Kier alpha value is -2.23. The monoisotopic (exact) mass is 245 g/mol. The number of H-pyrrole nitrogens is 1. The van der Waals surface area contributed by atoms with E-state index in [-0.39, 0.29) is 5.82 Å². The quantitative estimate of drug-likeness (QED) is 0.750. The molecule has 0 spiro atoms. The van der Waals surface area contributed by atoms with Crippen molar-refractivity contribution in [2.45, 2.75) is 0 Å². The number of methoxy groups -OCH3 is 2. The van der Waals surface area contributed by atoms with Crippen molar-refractivity contribution >= 4 is 21.8 Å². The molecule has 3 aromatic rings. The molecule has 1 N–H and O–H groups in total. The minimum atomic E-state index is -0.252. The first-order valence-electron chi connectivity index (χ1n) is 5.56. The molecular formula is C14H12FNO2. The second-order valence-electron chi connectivity index (χ2n) is 4.04. The smallest absolute Gasteiger partial charge is 0.184 e. The van der Waals surface area contributed by atoms with Gasteiger partial charge in [0.25, 0.3) is 0 Å². The summed E-state index contributed by atoms with van der Waals surface area (Å²) in [4.78, 5) is 3.23. The number of hydrogen-bond acceptors (Lipinski definition) is 2. The molecule has 0 aliphatic heterocycles. The Morgan fingerprint density at radius 1 is 1.00 bits per heavy atom. The summed E-state index contributed by atoms with van der Waals surface area (Å²) < 4.78 is 23.9. The molecule has 0 aliphatic rings. The van der Waals surface area contributed by atoms with E-state index in [1.165, 1.54) is 12.1 Å². The van der Waals surface area contributed by atoms with Crippen molar-refractivity contribution in [1.29, 1.82) is 0 Å². The number of halogens is 1. The first kappa shape index (κ1) is 10.9. The van der Waals surface area contributed by atoms with Crippen LogP contribution in [-0.4, -0.2) is 19.2 Å². The summed E-state index contributed by atoms with van der Waals surface area (Å²) in [5, 5.41) is 1.76. The van der Waals surface area contributed by atoms with Crippen LogP contribution in [0.5, 0.6) is 11.5 Å². The fourth-order valence-corrected chi connectivity index (χ4v) is 2.26. The molecule has 4 heteroatoms. The summed E-state index contributed by atoms with van der Waals surface area (Å²) in [5.74, 6) is 1.03. The van der Waals surface area contributed by atoms with E-state index in [9.17, 15) is 4.39 Å². The van der Waals surface area contributed by atoms with Crippen LogP contribution in [0.25, 0.3) is 21.8 Å². The van der Waals surface area contributed by atoms with Gasteiger partial charge in [-0.2, -0.15) is 0 Å². The number of nitrogens with one attached hydrogen (secondary N) is 1. The van der Waals surface area contributed by atoms with E-state index in [2.05, 4.69) is 4.98 Å². The molecule has 1 heterocycles. The van der Waals surface area contributed by atoms with Gasteiger partial charge in [-0.25, -0.2) is 4.39 Å². The lowest BCUT2D eigenvalue weighted by Gasteiger charge is -2.07. The van der Waals surface area contributed by atoms with Crippen molar-refractivity contribution in [3.8, 4) is 11.5 Å². The predicted octanol–water partition coefficient (Wildman–Crippen LogP) is 3.48. The minimum Gasteiger partial charge on any atom is -0.493 e. The Labute approximate surface area is 103 Å². The molecular weight excluding hydrogens is 233 g/mol. The van der Waals surface area contributed by atoms with Crippen molar-refractivity contribution < 1.29 is 13.9 Å². The van der Waals surface area contributed by atoms with Gasteiger partial charge in [-0.05, 0) is 30.3 Å². The number of fused-ring (bicyclic) bond motifs is 3. The van der Waals surface area contributed by atoms with Gasteiger partial charge in [0, 0.05) is 16.3 Å². The van der Waals surface area contributed by atoms with Gasteiger partial charge in [-0.3, -0.25) is 0 Å². The molecule has 3 rings (SSSR count). The highest BCUT2D eigenvalue weighted by molar-refractivity contribution is 6.09. The minimum absolute atomic E-state index is 0.252. The fourth-order valence-electron chi connectivity index (χ4n) is 2.26. The number of aromatic amines is 1. The van der Waals surface area contributed by atoms with Crippen molar-refractivity contribution in [2.75, 3.05) is 14.2 Å². The molecule has 0 aliphatic carbocycles. The zero-order chi connectivity index (χ0) is 12.7. The summed E-state index contributed by atoms with van der Waals surface area (Å²) in [5.41, 5.74) is 1.69. The lowest BCUT2D eigenvalue weighted by Crippen LogP contribution is -1.90. The summed E-state index contributed by atoms with van der Waals surface area (Å²) in [7, 11) is 3.18. The molecule has 0 unspecified atom stereocenters. The van der Waals surface area contributed by atoms with Crippen LogP contribution in [0.15, 0.2) is 30.3 Å². The van der Waals surface area contributed by atoms with Crippen LogP contribution < -0.4 is 9.47 Å². The van der Waals surface area contributed by atoms with Gasteiger partial charge >= 0.3 is 0 Å². The van der Waals surface area contributed by atoms with Crippen molar-refractivity contribution in [3.63, 3.8) is 0 Å². The number of benzene rings is 2. The average molecular weight is 245 g/mol. The van der Waals surface area contributed by atoms with Gasteiger partial charge in [0.1, 0.15) is 5.82 Å². The maximum Gasteiger partial charge on any atom is 0.184 e. The van der Waals surface area contributed by atoms with E-state index in [4.69, 9.17) is 9.47 Å². The molecule has 0 saturated carbocycles. The fraction of sp³-hybridized carbons (Fsp3) is 0.143. The third-order valence-electron chi connectivity index (χ3n) is 3.08. The Balaban J connectivity index is 2.45. The van der Waals surface area contributed by atoms with Gasteiger partial charge < -0.3 is 14.5 Å². The topological polar surface area (TPSA) is 34.2 Å². The van der Waals surface area contributed by atoms with Crippen LogP contribution in [0.4, 0.5) is 4.39 Å². The van der Waals surface area contributed by atoms with Gasteiger partial charge in [-0.15, -0.1) is 0 Å². The largest absolute Gasteiger partial charge is 0.493 e. The summed E-state index contributed by atoms with van der Waals surface area (Å²) in [6, 6.07) is 8.38. The molecule has 0 bridgehead atoms. The number of rotatable bonds is 2. The Bertz CT molecular complexity index is 733. The molecule has 92 valence electrons. The zero-order valence-electron chi connectivity index (χ0n) is 10.1. The Kier molecular flexibility index (Phi) is 2.37. The van der Waals surface area contributed by atoms with Gasteiger partial charge in [0.05, 0.1) is 19.7 Å². The van der Waals surface area contributed by atoms with Crippen LogP contribution in [0.1, 0.15) is 0 Å². The molecule has 0 atom stereocenters. The Morgan fingerprint density at radius 3 is 2.56 bits per heavy atom. The normalized spacial score (nSPS) is 11.1. The maximum absolute atomic E-state index is 13.3. The molecule has 3 nitrogen and oxygen atoms in total.